The number of rotatable bonds is 4. The summed E-state index contributed by atoms with van der Waals surface area (Å²) in [5.74, 6) is 0.0951. The number of carbonyl (C=O) groups is 2. The van der Waals surface area contributed by atoms with Crippen LogP contribution in [0.3, 0.4) is 0 Å². The van der Waals surface area contributed by atoms with Crippen LogP contribution in [0.2, 0.25) is 0 Å². The normalized spacial score (nSPS) is 12.6. The molecule has 104 valence electrons. The third-order valence-corrected chi connectivity index (χ3v) is 2.91. The zero-order valence-electron chi connectivity index (χ0n) is 11.9. The molecule has 0 spiro atoms. The van der Waals surface area contributed by atoms with E-state index in [1.165, 1.54) is 7.11 Å². The van der Waals surface area contributed by atoms with Gasteiger partial charge in [-0.3, -0.25) is 4.79 Å². The fraction of sp³-hybridized carbons (Fsp3) is 0.467. The first-order valence-corrected chi connectivity index (χ1v) is 6.27. The third kappa shape index (κ3) is 4.73. The molecule has 1 aromatic rings. The van der Waals surface area contributed by atoms with Crippen LogP contribution in [0.25, 0.3) is 0 Å². The maximum Gasteiger partial charge on any atom is 0.407 e. The van der Waals surface area contributed by atoms with Crippen molar-refractivity contribution in [3.05, 3.63) is 35.9 Å². The molecule has 4 nitrogen and oxygen atoms in total. The minimum atomic E-state index is -0.532. The molecule has 0 fully saturated rings. The fourth-order valence-corrected chi connectivity index (χ4v) is 1.63. The van der Waals surface area contributed by atoms with E-state index in [-0.39, 0.29) is 18.2 Å². The molecule has 0 radical (unpaired) electrons. The lowest BCUT2D eigenvalue weighted by Crippen LogP contribution is -2.32. The molecule has 0 saturated carbocycles. The Kier molecular flexibility index (Phi) is 5.10. The molecule has 1 amide bonds. The van der Waals surface area contributed by atoms with Crippen LogP contribution in [0.4, 0.5) is 4.79 Å². The quantitative estimate of drug-likeness (QED) is 0.908. The summed E-state index contributed by atoms with van der Waals surface area (Å²) in [6, 6.07) is 9.06. The van der Waals surface area contributed by atoms with Crippen molar-refractivity contribution in [3.8, 4) is 0 Å². The van der Waals surface area contributed by atoms with Gasteiger partial charge >= 0.3 is 6.09 Å². The number of hydrogen-bond acceptors (Lipinski definition) is 3. The van der Waals surface area contributed by atoms with Crippen LogP contribution in [0.5, 0.6) is 0 Å². The van der Waals surface area contributed by atoms with Crippen molar-refractivity contribution in [3.63, 3.8) is 0 Å². The van der Waals surface area contributed by atoms with E-state index in [9.17, 15) is 9.59 Å². The van der Waals surface area contributed by atoms with Crippen LogP contribution in [-0.2, 0) is 9.53 Å². The van der Waals surface area contributed by atoms with E-state index >= 15 is 0 Å². The van der Waals surface area contributed by atoms with Crippen LogP contribution in [-0.4, -0.2) is 19.0 Å². The lowest BCUT2D eigenvalue weighted by molar-refractivity contribution is -0.126. The SMILES string of the molecule is COC(=O)N[C@H](CC(=O)C(C)(C)C)c1ccccc1. The monoisotopic (exact) mass is 263 g/mol. The Labute approximate surface area is 114 Å². The lowest BCUT2D eigenvalue weighted by atomic mass is 9.85. The third-order valence-electron chi connectivity index (χ3n) is 2.91. The summed E-state index contributed by atoms with van der Waals surface area (Å²) in [5.41, 5.74) is 0.468. The predicted octanol–water partition coefficient (Wildman–Crippen LogP) is 3.09. The Morgan fingerprint density at radius 1 is 1.21 bits per heavy atom. The highest BCUT2D eigenvalue weighted by Crippen LogP contribution is 2.24. The number of benzene rings is 1. The van der Waals surface area contributed by atoms with Crippen molar-refractivity contribution in [2.24, 2.45) is 5.41 Å². The Morgan fingerprint density at radius 3 is 2.26 bits per heavy atom. The van der Waals surface area contributed by atoms with Crippen LogP contribution < -0.4 is 5.32 Å². The van der Waals surface area contributed by atoms with E-state index in [0.29, 0.717) is 0 Å². The van der Waals surface area contributed by atoms with Crippen LogP contribution in [0, 0.1) is 5.41 Å². The molecule has 0 heterocycles. The summed E-state index contributed by atoms with van der Waals surface area (Å²) >= 11 is 0. The number of ether oxygens (including phenoxy) is 1. The number of alkyl carbamates (subject to hydrolysis) is 1. The highest BCUT2D eigenvalue weighted by atomic mass is 16.5. The summed E-state index contributed by atoms with van der Waals surface area (Å²) in [4.78, 5) is 23.5. The molecule has 0 aliphatic carbocycles. The second-order valence-electron chi connectivity index (χ2n) is 5.48. The van der Waals surface area contributed by atoms with Crippen molar-refractivity contribution < 1.29 is 14.3 Å². The average Bonchev–Trinajstić information content (AvgIpc) is 2.37. The van der Waals surface area contributed by atoms with Crippen molar-refractivity contribution in [2.45, 2.75) is 33.2 Å². The number of Topliss-reactive ketones (excluding diaryl/α,β-unsaturated/α-hetero) is 1. The first-order chi connectivity index (χ1) is 8.84. The van der Waals surface area contributed by atoms with Gasteiger partial charge in [-0.25, -0.2) is 4.79 Å². The number of carbonyl (C=O) groups excluding carboxylic acids is 2. The van der Waals surface area contributed by atoms with Gasteiger partial charge < -0.3 is 10.1 Å². The van der Waals surface area contributed by atoms with Gasteiger partial charge in [0.15, 0.2) is 0 Å². The standard InChI is InChI=1S/C15H21NO3/c1-15(2,3)13(17)10-12(16-14(18)19-4)11-8-6-5-7-9-11/h5-9,12H,10H2,1-4H3,(H,16,18)/t12-/m1/s1. The van der Waals surface area contributed by atoms with Gasteiger partial charge in [0.2, 0.25) is 0 Å². The van der Waals surface area contributed by atoms with Crippen LogP contribution >= 0.6 is 0 Å². The molecule has 1 N–H and O–H groups in total. The van der Waals surface area contributed by atoms with Crippen molar-refractivity contribution in [2.75, 3.05) is 7.11 Å². The zero-order valence-corrected chi connectivity index (χ0v) is 11.9. The second-order valence-corrected chi connectivity index (χ2v) is 5.48. The molecule has 0 saturated heterocycles. The molecule has 1 atom stereocenters. The number of methoxy groups -OCH3 is 1. The van der Waals surface area contributed by atoms with E-state index in [4.69, 9.17) is 0 Å². The summed E-state index contributed by atoms with van der Waals surface area (Å²) in [7, 11) is 1.31. The second kappa shape index (κ2) is 6.36. The minimum Gasteiger partial charge on any atom is -0.453 e. The highest BCUT2D eigenvalue weighted by Gasteiger charge is 2.26. The van der Waals surface area contributed by atoms with Gasteiger partial charge in [0.25, 0.3) is 0 Å². The molecule has 1 aromatic carbocycles. The largest absolute Gasteiger partial charge is 0.453 e. The molecular formula is C15H21NO3. The van der Waals surface area contributed by atoms with Gasteiger partial charge in [-0.2, -0.15) is 0 Å². The van der Waals surface area contributed by atoms with Crippen molar-refractivity contribution >= 4 is 11.9 Å². The lowest BCUT2D eigenvalue weighted by Gasteiger charge is -2.23. The number of nitrogens with one attached hydrogen (secondary N) is 1. The molecule has 4 heteroatoms. The van der Waals surface area contributed by atoms with Gasteiger partial charge in [-0.05, 0) is 5.56 Å². The fourth-order valence-electron chi connectivity index (χ4n) is 1.63. The van der Waals surface area contributed by atoms with Crippen molar-refractivity contribution in [1.82, 2.24) is 5.32 Å². The van der Waals surface area contributed by atoms with Gasteiger partial charge in [-0.1, -0.05) is 51.1 Å². The number of ketones is 1. The summed E-state index contributed by atoms with van der Waals surface area (Å²) < 4.78 is 4.61. The summed E-state index contributed by atoms with van der Waals surface area (Å²) in [6.07, 6.45) is -0.279. The zero-order chi connectivity index (χ0) is 14.5. The molecule has 1 rings (SSSR count). The molecule has 0 aliphatic rings. The van der Waals surface area contributed by atoms with Gasteiger partial charge in [0.05, 0.1) is 13.2 Å². The number of hydrogen-bond donors (Lipinski definition) is 1. The first-order valence-electron chi connectivity index (χ1n) is 6.27. The maximum absolute atomic E-state index is 12.1. The Bertz CT molecular complexity index is 434. The topological polar surface area (TPSA) is 55.4 Å². The van der Waals surface area contributed by atoms with Gasteiger partial charge in [-0.15, -0.1) is 0 Å². The average molecular weight is 263 g/mol. The first kappa shape index (κ1) is 15.2. The Balaban J connectivity index is 2.88. The summed E-state index contributed by atoms with van der Waals surface area (Å²) in [5, 5.41) is 2.70. The highest BCUT2D eigenvalue weighted by molar-refractivity contribution is 5.84. The van der Waals surface area contributed by atoms with E-state index in [2.05, 4.69) is 10.1 Å². The molecular weight excluding hydrogens is 242 g/mol. The molecule has 0 unspecified atom stereocenters. The smallest absolute Gasteiger partial charge is 0.407 e. The maximum atomic E-state index is 12.1. The number of amides is 1. The minimum absolute atomic E-state index is 0.0951. The molecule has 0 bridgehead atoms. The van der Waals surface area contributed by atoms with Crippen LogP contribution in [0.15, 0.2) is 30.3 Å². The summed E-state index contributed by atoms with van der Waals surface area (Å²) in [6.45, 7) is 5.61. The van der Waals surface area contributed by atoms with E-state index < -0.39 is 11.5 Å². The predicted molar refractivity (Wildman–Crippen MR) is 73.8 cm³/mol. The molecule has 0 aromatic heterocycles. The van der Waals surface area contributed by atoms with Gasteiger partial charge in [0, 0.05) is 11.8 Å². The van der Waals surface area contributed by atoms with E-state index in [1.807, 2.05) is 51.1 Å². The van der Waals surface area contributed by atoms with E-state index in [1.54, 1.807) is 0 Å². The molecule has 0 aliphatic heterocycles. The van der Waals surface area contributed by atoms with Gasteiger partial charge in [0.1, 0.15) is 5.78 Å². The Hall–Kier alpha value is -1.84. The van der Waals surface area contributed by atoms with Crippen LogP contribution in [0.1, 0.15) is 38.8 Å². The molecule has 19 heavy (non-hydrogen) atoms. The van der Waals surface area contributed by atoms with Crippen molar-refractivity contribution in [1.29, 1.82) is 0 Å². The Morgan fingerprint density at radius 2 is 1.79 bits per heavy atom. The van der Waals surface area contributed by atoms with E-state index in [0.717, 1.165) is 5.56 Å².